The molecule has 31 heavy (non-hydrogen) atoms. The van der Waals surface area contributed by atoms with Crippen molar-refractivity contribution in [3.8, 4) is 11.1 Å². The number of hydrogen-bond acceptors (Lipinski definition) is 3. The summed E-state index contributed by atoms with van der Waals surface area (Å²) in [6.45, 7) is 5.83. The number of halogens is 3. The van der Waals surface area contributed by atoms with Crippen LogP contribution in [0, 0.1) is 23.5 Å². The summed E-state index contributed by atoms with van der Waals surface area (Å²) < 4.78 is 35.3. The summed E-state index contributed by atoms with van der Waals surface area (Å²) in [7, 11) is 0. The van der Waals surface area contributed by atoms with Gasteiger partial charge in [0.05, 0.1) is 34.2 Å². The minimum Gasteiger partial charge on any atom is -0.511 e. The van der Waals surface area contributed by atoms with Gasteiger partial charge in [-0.2, -0.15) is 0 Å². The summed E-state index contributed by atoms with van der Waals surface area (Å²) >= 11 is 5.77. The van der Waals surface area contributed by atoms with Gasteiger partial charge in [0, 0.05) is 5.02 Å². The topological polar surface area (TPSA) is 46.5 Å². The van der Waals surface area contributed by atoms with Gasteiger partial charge in [-0.3, -0.25) is 4.79 Å². The Balaban J connectivity index is 1.69. The summed E-state index contributed by atoms with van der Waals surface area (Å²) in [6, 6.07) is 7.11. The van der Waals surface area contributed by atoms with E-state index < -0.39 is 34.7 Å². The van der Waals surface area contributed by atoms with Crippen molar-refractivity contribution >= 4 is 23.0 Å². The zero-order chi connectivity index (χ0) is 22.3. The second kappa shape index (κ2) is 6.63. The van der Waals surface area contributed by atoms with Crippen LogP contribution in [0.4, 0.5) is 8.78 Å². The van der Waals surface area contributed by atoms with Gasteiger partial charge in [-0.05, 0) is 68.0 Å². The van der Waals surface area contributed by atoms with E-state index in [9.17, 15) is 18.7 Å². The molecule has 0 aromatic heterocycles. The van der Waals surface area contributed by atoms with E-state index in [0.717, 1.165) is 30.5 Å². The van der Waals surface area contributed by atoms with E-state index in [1.165, 1.54) is 0 Å². The fourth-order valence-corrected chi connectivity index (χ4v) is 6.14. The van der Waals surface area contributed by atoms with E-state index in [2.05, 4.69) is 0 Å². The first kappa shape index (κ1) is 20.7. The highest BCUT2D eigenvalue weighted by atomic mass is 35.5. The fraction of sp³-hybridized carbons (Fsp3) is 0.400. The molecule has 6 heteroatoms. The molecule has 2 aromatic rings. The van der Waals surface area contributed by atoms with Crippen molar-refractivity contribution in [3.05, 3.63) is 63.9 Å². The standard InChI is InChI=1S/C25H23ClF2O3/c1-4-12-5-6-13(18-16(27)10-14(26)11-17(18)28)9-15(12)19-22(29)20-21(23(19)30)25(3)8-7-24(20,2)31-25/h5-6,9-11,20-21,29H,4,7-8H2,1-3H3/t20-,21+,24?,25?/m1/s1. The molecule has 5 rings (SSSR count). The number of aliphatic hydroxyl groups is 1. The second-order valence-electron chi connectivity index (χ2n) is 9.28. The molecule has 2 fully saturated rings. The number of benzene rings is 2. The zero-order valence-corrected chi connectivity index (χ0v) is 18.3. The number of rotatable bonds is 3. The van der Waals surface area contributed by atoms with Gasteiger partial charge in [0.15, 0.2) is 5.78 Å². The lowest BCUT2D eigenvalue weighted by atomic mass is 9.68. The molecule has 2 unspecified atom stereocenters. The van der Waals surface area contributed by atoms with Gasteiger partial charge in [0.1, 0.15) is 17.4 Å². The van der Waals surface area contributed by atoms with Gasteiger partial charge in [-0.25, -0.2) is 8.78 Å². The van der Waals surface area contributed by atoms with Gasteiger partial charge in [-0.15, -0.1) is 0 Å². The maximum Gasteiger partial charge on any atom is 0.173 e. The Morgan fingerprint density at radius 2 is 1.71 bits per heavy atom. The van der Waals surface area contributed by atoms with Gasteiger partial charge in [0.2, 0.25) is 0 Å². The second-order valence-corrected chi connectivity index (χ2v) is 9.71. The number of Topliss-reactive ketones (excluding diaryl/α,β-unsaturated/α-hetero) is 1. The monoisotopic (exact) mass is 444 g/mol. The Morgan fingerprint density at radius 1 is 1.10 bits per heavy atom. The summed E-state index contributed by atoms with van der Waals surface area (Å²) in [5.74, 6) is -2.52. The van der Waals surface area contributed by atoms with Gasteiger partial charge < -0.3 is 9.84 Å². The third-order valence-electron chi connectivity index (χ3n) is 7.37. The Labute approximate surface area is 184 Å². The molecule has 1 N–H and O–H groups in total. The van der Waals surface area contributed by atoms with Crippen LogP contribution in [0.5, 0.6) is 0 Å². The number of ketones is 1. The van der Waals surface area contributed by atoms with Crippen LogP contribution in [0.1, 0.15) is 44.7 Å². The summed E-state index contributed by atoms with van der Waals surface area (Å²) in [5, 5.41) is 11.2. The Kier molecular flexibility index (Phi) is 4.42. The quantitative estimate of drug-likeness (QED) is 0.606. The lowest BCUT2D eigenvalue weighted by Crippen LogP contribution is -2.39. The number of aliphatic hydroxyl groups excluding tert-OH is 1. The largest absolute Gasteiger partial charge is 0.511 e. The van der Waals surface area contributed by atoms with Crippen LogP contribution in [0.25, 0.3) is 16.7 Å². The van der Waals surface area contributed by atoms with Crippen LogP contribution in [0.15, 0.2) is 36.1 Å². The predicted molar refractivity (Wildman–Crippen MR) is 115 cm³/mol. The van der Waals surface area contributed by atoms with E-state index in [1.807, 2.05) is 20.8 Å². The molecule has 0 radical (unpaired) electrons. The van der Waals surface area contributed by atoms with Crippen LogP contribution < -0.4 is 0 Å². The molecule has 0 saturated carbocycles. The van der Waals surface area contributed by atoms with Crippen molar-refractivity contribution in [1.29, 1.82) is 0 Å². The number of hydrogen-bond donors (Lipinski definition) is 1. The first-order chi connectivity index (χ1) is 14.6. The van der Waals surface area contributed by atoms with Gasteiger partial charge >= 0.3 is 0 Å². The number of fused-ring (bicyclic) bond motifs is 5. The van der Waals surface area contributed by atoms with Crippen molar-refractivity contribution in [3.63, 3.8) is 0 Å². The van der Waals surface area contributed by atoms with Crippen molar-refractivity contribution in [1.82, 2.24) is 0 Å². The number of carbonyl (C=O) groups is 1. The molecular weight excluding hydrogens is 422 g/mol. The molecule has 2 bridgehead atoms. The SMILES string of the molecule is CCc1ccc(-c2c(F)cc(Cl)cc2F)cc1C1=C(O)[C@H]2[C@@H](C1=O)C1(C)CCC2(C)O1. The average molecular weight is 445 g/mol. The van der Waals surface area contributed by atoms with Crippen LogP contribution in [-0.2, 0) is 16.0 Å². The molecule has 2 heterocycles. The fourth-order valence-electron chi connectivity index (χ4n) is 5.95. The normalized spacial score (nSPS) is 31.6. The average Bonchev–Trinajstić information content (AvgIpc) is 3.24. The summed E-state index contributed by atoms with van der Waals surface area (Å²) in [4.78, 5) is 13.6. The maximum atomic E-state index is 14.6. The van der Waals surface area contributed by atoms with E-state index in [-0.39, 0.29) is 27.7 Å². The molecule has 2 saturated heterocycles. The van der Waals surface area contributed by atoms with Gasteiger partial charge in [0.25, 0.3) is 0 Å². The van der Waals surface area contributed by atoms with Crippen molar-refractivity contribution in [2.75, 3.05) is 0 Å². The first-order valence-corrected chi connectivity index (χ1v) is 10.9. The molecule has 3 aliphatic rings. The van der Waals surface area contributed by atoms with Gasteiger partial charge in [-0.1, -0.05) is 30.7 Å². The Hall–Kier alpha value is -2.24. The number of allylic oxidation sites excluding steroid dienone is 1. The minimum absolute atomic E-state index is 0.0275. The highest BCUT2D eigenvalue weighted by molar-refractivity contribution is 6.30. The third kappa shape index (κ3) is 2.76. The zero-order valence-electron chi connectivity index (χ0n) is 17.6. The number of carbonyl (C=O) groups excluding carboxylic acids is 1. The van der Waals surface area contributed by atoms with E-state index in [4.69, 9.17) is 16.3 Å². The van der Waals surface area contributed by atoms with Crippen LogP contribution in [0.3, 0.4) is 0 Å². The van der Waals surface area contributed by atoms with E-state index in [1.54, 1.807) is 18.2 Å². The highest BCUT2D eigenvalue weighted by Crippen LogP contribution is 2.63. The Morgan fingerprint density at radius 3 is 2.29 bits per heavy atom. The first-order valence-electron chi connectivity index (χ1n) is 10.6. The summed E-state index contributed by atoms with van der Waals surface area (Å²) in [5.41, 5.74) is 0.506. The molecular formula is C25H23ClF2O3. The number of ether oxygens (including phenoxy) is 1. The molecule has 0 amide bonds. The minimum atomic E-state index is -0.778. The van der Waals surface area contributed by atoms with Crippen molar-refractivity contribution < 1.29 is 23.4 Å². The van der Waals surface area contributed by atoms with Crippen molar-refractivity contribution in [2.24, 2.45) is 11.8 Å². The summed E-state index contributed by atoms with van der Waals surface area (Å²) in [6.07, 6.45) is 2.14. The maximum absolute atomic E-state index is 14.6. The molecule has 162 valence electrons. The third-order valence-corrected chi connectivity index (χ3v) is 7.59. The highest BCUT2D eigenvalue weighted by Gasteiger charge is 2.69. The smallest absolute Gasteiger partial charge is 0.173 e. The lowest BCUT2D eigenvalue weighted by Gasteiger charge is -2.30. The molecule has 0 spiro atoms. The molecule has 3 nitrogen and oxygen atoms in total. The van der Waals surface area contributed by atoms with Crippen molar-refractivity contribution in [2.45, 2.75) is 51.2 Å². The van der Waals surface area contributed by atoms with E-state index >= 15 is 0 Å². The molecule has 1 aliphatic carbocycles. The van der Waals surface area contributed by atoms with Crippen LogP contribution in [0.2, 0.25) is 5.02 Å². The molecule has 2 aliphatic heterocycles. The predicted octanol–water partition coefficient (Wildman–Crippen LogP) is 6.27. The van der Waals surface area contributed by atoms with Crippen LogP contribution >= 0.6 is 11.6 Å². The van der Waals surface area contributed by atoms with Crippen LogP contribution in [-0.4, -0.2) is 22.1 Å². The number of aryl methyl sites for hydroxylation is 1. The lowest BCUT2D eigenvalue weighted by molar-refractivity contribution is -0.121. The Bertz CT molecular complexity index is 1150. The molecule has 2 aromatic carbocycles. The molecule has 4 atom stereocenters. The van der Waals surface area contributed by atoms with E-state index in [0.29, 0.717) is 17.5 Å².